The number of rotatable bonds is 7. The lowest BCUT2D eigenvalue weighted by atomic mass is 9.87. The van der Waals surface area contributed by atoms with Gasteiger partial charge in [0.15, 0.2) is 5.82 Å². The van der Waals surface area contributed by atoms with E-state index in [-0.39, 0.29) is 11.4 Å². The van der Waals surface area contributed by atoms with Crippen LogP contribution in [-0.4, -0.2) is 38.4 Å². The highest BCUT2D eigenvalue weighted by atomic mass is 16.5. The Labute approximate surface area is 173 Å². The molecule has 1 N–H and O–H groups in total. The van der Waals surface area contributed by atoms with Crippen molar-refractivity contribution in [1.29, 1.82) is 0 Å². The van der Waals surface area contributed by atoms with Gasteiger partial charge in [0.2, 0.25) is 11.7 Å². The summed E-state index contributed by atoms with van der Waals surface area (Å²) >= 11 is 0. The van der Waals surface area contributed by atoms with Crippen molar-refractivity contribution in [2.24, 2.45) is 5.41 Å². The molecular formula is C22H33N5O2. The average Bonchev–Trinajstić information content (AvgIpc) is 2.61. The lowest BCUT2D eigenvalue weighted by molar-refractivity contribution is -0.133. The van der Waals surface area contributed by atoms with Crippen molar-refractivity contribution in [2.45, 2.75) is 73.0 Å². The van der Waals surface area contributed by atoms with E-state index < -0.39 is 11.0 Å². The SMILES string of the molecule is Cc1nnc(-c2ccc(C(C)(C)OCCC(C)(C)C(=O)NC(C)(C)C)cc2)nn1. The molecule has 7 heteroatoms. The Morgan fingerprint density at radius 2 is 1.48 bits per heavy atom. The second-order valence-electron chi connectivity index (χ2n) is 9.54. The highest BCUT2D eigenvalue weighted by molar-refractivity contribution is 5.82. The van der Waals surface area contributed by atoms with Gasteiger partial charge in [-0.2, -0.15) is 0 Å². The van der Waals surface area contributed by atoms with Crippen LogP contribution in [0.25, 0.3) is 11.4 Å². The number of aryl methyl sites for hydroxylation is 1. The molecule has 0 aliphatic carbocycles. The van der Waals surface area contributed by atoms with Crippen LogP contribution in [0.1, 0.15) is 66.3 Å². The first-order chi connectivity index (χ1) is 13.3. The Hall–Kier alpha value is -2.41. The minimum Gasteiger partial charge on any atom is -0.371 e. The van der Waals surface area contributed by atoms with Gasteiger partial charge in [-0.3, -0.25) is 4.79 Å². The van der Waals surface area contributed by atoms with Crippen molar-refractivity contribution in [1.82, 2.24) is 25.7 Å². The monoisotopic (exact) mass is 399 g/mol. The van der Waals surface area contributed by atoms with Crippen LogP contribution in [0.3, 0.4) is 0 Å². The third kappa shape index (κ3) is 6.56. The van der Waals surface area contributed by atoms with Crippen molar-refractivity contribution in [3.8, 4) is 11.4 Å². The van der Waals surface area contributed by atoms with Crippen LogP contribution >= 0.6 is 0 Å². The number of ether oxygens (including phenoxy) is 1. The second kappa shape index (κ2) is 8.53. The molecule has 2 aromatic rings. The second-order valence-corrected chi connectivity index (χ2v) is 9.54. The number of aromatic nitrogens is 4. The molecule has 158 valence electrons. The molecule has 7 nitrogen and oxygen atoms in total. The van der Waals surface area contributed by atoms with E-state index in [1.807, 2.05) is 72.7 Å². The first kappa shape index (κ1) is 22.9. The fourth-order valence-electron chi connectivity index (χ4n) is 2.68. The maximum Gasteiger partial charge on any atom is 0.226 e. The number of nitrogens with zero attached hydrogens (tertiary/aromatic N) is 4. The number of carbonyl (C=O) groups is 1. The van der Waals surface area contributed by atoms with Crippen LogP contribution in [0, 0.1) is 12.3 Å². The molecule has 0 radical (unpaired) electrons. The molecule has 1 amide bonds. The first-order valence-electron chi connectivity index (χ1n) is 9.92. The fraction of sp³-hybridized carbons (Fsp3) is 0.591. The van der Waals surface area contributed by atoms with Gasteiger partial charge in [0, 0.05) is 23.1 Å². The Kier molecular flexibility index (Phi) is 6.73. The predicted octanol–water partition coefficient (Wildman–Crippen LogP) is 3.82. The van der Waals surface area contributed by atoms with E-state index in [1.54, 1.807) is 6.92 Å². The lowest BCUT2D eigenvalue weighted by Gasteiger charge is -2.31. The summed E-state index contributed by atoms with van der Waals surface area (Å²) in [6.45, 7) is 16.1. The third-order valence-corrected chi connectivity index (χ3v) is 4.71. The minimum atomic E-state index is -0.504. The molecule has 1 aromatic heterocycles. The van der Waals surface area contributed by atoms with Gasteiger partial charge >= 0.3 is 0 Å². The molecule has 0 aliphatic rings. The van der Waals surface area contributed by atoms with Gasteiger partial charge in [-0.1, -0.05) is 38.1 Å². The summed E-state index contributed by atoms with van der Waals surface area (Å²) in [7, 11) is 0. The normalized spacial score (nSPS) is 12.7. The first-order valence-corrected chi connectivity index (χ1v) is 9.92. The molecule has 1 heterocycles. The van der Waals surface area contributed by atoms with E-state index in [1.165, 1.54) is 0 Å². The highest BCUT2D eigenvalue weighted by Gasteiger charge is 2.31. The van der Waals surface area contributed by atoms with Crippen molar-refractivity contribution in [2.75, 3.05) is 6.61 Å². The molecular weight excluding hydrogens is 366 g/mol. The maximum atomic E-state index is 12.5. The summed E-state index contributed by atoms with van der Waals surface area (Å²) in [6.07, 6.45) is 0.630. The molecule has 0 bridgehead atoms. The molecule has 0 saturated heterocycles. The molecule has 1 aromatic carbocycles. The van der Waals surface area contributed by atoms with E-state index in [9.17, 15) is 4.79 Å². The van der Waals surface area contributed by atoms with Crippen LogP contribution in [0.5, 0.6) is 0 Å². The average molecular weight is 400 g/mol. The van der Waals surface area contributed by atoms with E-state index in [4.69, 9.17) is 4.74 Å². The van der Waals surface area contributed by atoms with Gasteiger partial charge < -0.3 is 10.1 Å². The van der Waals surface area contributed by atoms with Gasteiger partial charge in [0.05, 0.1) is 5.60 Å². The van der Waals surface area contributed by atoms with Crippen LogP contribution in [0.2, 0.25) is 0 Å². The molecule has 0 atom stereocenters. The topological polar surface area (TPSA) is 89.9 Å². The van der Waals surface area contributed by atoms with E-state index >= 15 is 0 Å². The predicted molar refractivity (Wildman–Crippen MR) is 113 cm³/mol. The zero-order valence-corrected chi connectivity index (χ0v) is 18.8. The Morgan fingerprint density at radius 3 is 2.00 bits per heavy atom. The number of benzene rings is 1. The summed E-state index contributed by atoms with van der Waals surface area (Å²) < 4.78 is 6.16. The highest BCUT2D eigenvalue weighted by Crippen LogP contribution is 2.29. The van der Waals surface area contributed by atoms with Crippen molar-refractivity contribution >= 4 is 5.91 Å². The Bertz CT molecular complexity index is 822. The molecule has 0 fully saturated rings. The molecule has 0 unspecified atom stereocenters. The van der Waals surface area contributed by atoms with Gasteiger partial charge in [0.1, 0.15) is 0 Å². The van der Waals surface area contributed by atoms with Crippen LogP contribution in [0.15, 0.2) is 24.3 Å². The number of carbonyl (C=O) groups excluding carboxylic acids is 1. The quantitative estimate of drug-likeness (QED) is 0.761. The molecule has 0 aliphatic heterocycles. The minimum absolute atomic E-state index is 0.0380. The van der Waals surface area contributed by atoms with Crippen LogP contribution in [0.4, 0.5) is 0 Å². The summed E-state index contributed by atoms with van der Waals surface area (Å²) in [5.41, 5.74) is 0.647. The van der Waals surface area contributed by atoms with Crippen molar-refractivity contribution < 1.29 is 9.53 Å². The summed E-state index contributed by atoms with van der Waals surface area (Å²) in [5, 5.41) is 19.1. The summed E-state index contributed by atoms with van der Waals surface area (Å²) in [4.78, 5) is 12.5. The maximum absolute atomic E-state index is 12.5. The van der Waals surface area contributed by atoms with Crippen LogP contribution in [-0.2, 0) is 15.1 Å². The van der Waals surface area contributed by atoms with Gasteiger partial charge in [-0.05, 0) is 53.5 Å². The number of hydrogen-bond acceptors (Lipinski definition) is 6. The number of amides is 1. The van der Waals surface area contributed by atoms with Crippen molar-refractivity contribution in [3.63, 3.8) is 0 Å². The van der Waals surface area contributed by atoms with Gasteiger partial charge in [-0.15, -0.1) is 20.4 Å². The summed E-state index contributed by atoms with van der Waals surface area (Å²) in [5.74, 6) is 1.07. The molecule has 0 saturated carbocycles. The van der Waals surface area contributed by atoms with Crippen LogP contribution < -0.4 is 5.32 Å². The zero-order valence-electron chi connectivity index (χ0n) is 18.8. The van der Waals surface area contributed by atoms with Gasteiger partial charge in [-0.25, -0.2) is 0 Å². The third-order valence-electron chi connectivity index (χ3n) is 4.71. The van der Waals surface area contributed by atoms with E-state index in [0.29, 0.717) is 24.7 Å². The largest absolute Gasteiger partial charge is 0.371 e. The van der Waals surface area contributed by atoms with E-state index in [0.717, 1.165) is 11.1 Å². The number of hydrogen-bond donors (Lipinski definition) is 1. The smallest absolute Gasteiger partial charge is 0.226 e. The number of nitrogens with one attached hydrogen (secondary N) is 1. The molecule has 29 heavy (non-hydrogen) atoms. The zero-order chi connectivity index (χ0) is 21.9. The lowest BCUT2D eigenvalue weighted by Crippen LogP contribution is -2.47. The Morgan fingerprint density at radius 1 is 0.931 bits per heavy atom. The Balaban J connectivity index is 1.98. The van der Waals surface area contributed by atoms with E-state index in [2.05, 4.69) is 25.7 Å². The van der Waals surface area contributed by atoms with Gasteiger partial charge in [0.25, 0.3) is 0 Å². The molecule has 0 spiro atoms. The summed E-state index contributed by atoms with van der Waals surface area (Å²) in [6, 6.07) is 7.87. The fourth-order valence-corrected chi connectivity index (χ4v) is 2.68. The molecule has 2 rings (SSSR count). The van der Waals surface area contributed by atoms with Crippen molar-refractivity contribution in [3.05, 3.63) is 35.7 Å². The standard InChI is InChI=1S/C22H33N5O2/c1-15-24-26-18(27-25-15)16-9-11-17(12-10-16)22(7,8)29-14-13-21(5,6)19(28)23-20(2,3)4/h9-12H,13-14H2,1-8H3,(H,23,28).